The van der Waals surface area contributed by atoms with Gasteiger partial charge in [0.25, 0.3) is 5.91 Å². The summed E-state index contributed by atoms with van der Waals surface area (Å²) < 4.78 is 22.8. The number of fused-ring (bicyclic) bond motifs is 1. The minimum absolute atomic E-state index is 0.0339. The van der Waals surface area contributed by atoms with E-state index in [1.807, 2.05) is 0 Å². The van der Waals surface area contributed by atoms with Gasteiger partial charge in [-0.15, -0.1) is 0 Å². The lowest BCUT2D eigenvalue weighted by Crippen LogP contribution is -2.26. The first kappa shape index (κ1) is 21.7. The zero-order chi connectivity index (χ0) is 23.5. The zero-order valence-electron chi connectivity index (χ0n) is 18.8. The number of aromatic amines is 1. The number of aromatic nitrogens is 4. The van der Waals surface area contributed by atoms with Crippen LogP contribution in [0.15, 0.2) is 41.3 Å². The molecule has 0 aliphatic carbocycles. The van der Waals surface area contributed by atoms with Crippen molar-refractivity contribution in [3.63, 3.8) is 0 Å². The van der Waals surface area contributed by atoms with Crippen molar-refractivity contribution in [1.29, 1.82) is 0 Å². The lowest BCUT2D eigenvalue weighted by atomic mass is 10.1. The van der Waals surface area contributed by atoms with E-state index in [1.165, 1.54) is 13.4 Å². The van der Waals surface area contributed by atoms with E-state index in [-0.39, 0.29) is 12.0 Å². The standard InChI is InChI=1S/C23H24N6O5/c1-24-20(30)13-3-4-16(17(11-13)31-2)27-23-28-19-18(15(12-26-19)21-25-7-10-33-21)22(29-23)34-14-5-8-32-9-6-14/h3-4,7,10-12,14H,5-6,8-9H2,1-2H3,(H,24,30)(H2,26,27,28,29). The second-order valence-corrected chi connectivity index (χ2v) is 7.66. The molecule has 1 saturated heterocycles. The number of methoxy groups -OCH3 is 1. The SMILES string of the molecule is CNC(=O)c1ccc(Nc2nc(OC3CCOCC3)c3c(-c4ncco4)c[nH]c3n2)c(OC)c1. The van der Waals surface area contributed by atoms with E-state index < -0.39 is 0 Å². The first-order valence-corrected chi connectivity index (χ1v) is 10.9. The topological polar surface area (TPSA) is 136 Å². The number of rotatable bonds is 7. The Morgan fingerprint density at radius 2 is 2.09 bits per heavy atom. The number of benzene rings is 1. The van der Waals surface area contributed by atoms with Crippen LogP contribution in [0.2, 0.25) is 0 Å². The highest BCUT2D eigenvalue weighted by Gasteiger charge is 2.23. The van der Waals surface area contributed by atoms with Crippen molar-refractivity contribution in [2.45, 2.75) is 18.9 Å². The molecular weight excluding hydrogens is 440 g/mol. The van der Waals surface area contributed by atoms with Gasteiger partial charge in [-0.2, -0.15) is 9.97 Å². The molecule has 0 spiro atoms. The van der Waals surface area contributed by atoms with Crippen LogP contribution in [0.4, 0.5) is 11.6 Å². The van der Waals surface area contributed by atoms with Crippen molar-refractivity contribution >= 4 is 28.6 Å². The van der Waals surface area contributed by atoms with Gasteiger partial charge in [0.1, 0.15) is 23.8 Å². The minimum Gasteiger partial charge on any atom is -0.495 e. The van der Waals surface area contributed by atoms with Gasteiger partial charge in [0.05, 0.1) is 43.2 Å². The minimum atomic E-state index is -0.208. The molecule has 34 heavy (non-hydrogen) atoms. The van der Waals surface area contributed by atoms with Crippen LogP contribution in [0.3, 0.4) is 0 Å². The van der Waals surface area contributed by atoms with Crippen molar-refractivity contribution in [2.24, 2.45) is 0 Å². The molecule has 1 aromatic carbocycles. The predicted octanol–water partition coefficient (Wildman–Crippen LogP) is 3.28. The highest BCUT2D eigenvalue weighted by atomic mass is 16.5. The summed E-state index contributed by atoms with van der Waals surface area (Å²) in [5.41, 5.74) is 2.35. The predicted molar refractivity (Wildman–Crippen MR) is 124 cm³/mol. The van der Waals surface area contributed by atoms with Crippen molar-refractivity contribution < 1.29 is 23.4 Å². The summed E-state index contributed by atoms with van der Waals surface area (Å²) >= 11 is 0. The third-order valence-corrected chi connectivity index (χ3v) is 5.54. The molecule has 11 heteroatoms. The van der Waals surface area contributed by atoms with Gasteiger partial charge in [-0.1, -0.05) is 0 Å². The smallest absolute Gasteiger partial charge is 0.251 e. The summed E-state index contributed by atoms with van der Waals surface area (Å²) in [6, 6.07) is 5.08. The van der Waals surface area contributed by atoms with Crippen molar-refractivity contribution in [1.82, 2.24) is 25.3 Å². The first-order chi connectivity index (χ1) is 16.7. The van der Waals surface area contributed by atoms with Crippen LogP contribution in [0.5, 0.6) is 11.6 Å². The molecule has 0 bridgehead atoms. The van der Waals surface area contributed by atoms with Crippen LogP contribution in [-0.2, 0) is 4.74 Å². The van der Waals surface area contributed by atoms with Gasteiger partial charge < -0.3 is 34.2 Å². The monoisotopic (exact) mass is 464 g/mol. The summed E-state index contributed by atoms with van der Waals surface area (Å²) in [5.74, 6) is 1.43. The van der Waals surface area contributed by atoms with Crippen LogP contribution in [0, 0.1) is 0 Å². The Bertz CT molecular complexity index is 1300. The van der Waals surface area contributed by atoms with E-state index in [0.29, 0.717) is 64.5 Å². The lowest BCUT2D eigenvalue weighted by Gasteiger charge is -2.23. The molecule has 0 atom stereocenters. The molecule has 4 heterocycles. The van der Waals surface area contributed by atoms with Crippen molar-refractivity contribution in [3.8, 4) is 23.1 Å². The van der Waals surface area contributed by atoms with Gasteiger partial charge >= 0.3 is 0 Å². The van der Waals surface area contributed by atoms with E-state index in [4.69, 9.17) is 18.6 Å². The molecule has 1 aliphatic heterocycles. The highest BCUT2D eigenvalue weighted by molar-refractivity contribution is 5.96. The summed E-state index contributed by atoms with van der Waals surface area (Å²) in [7, 11) is 3.11. The molecule has 4 aromatic rings. The molecule has 0 radical (unpaired) electrons. The maximum absolute atomic E-state index is 12.0. The van der Waals surface area contributed by atoms with E-state index in [0.717, 1.165) is 12.8 Å². The second-order valence-electron chi connectivity index (χ2n) is 7.66. The van der Waals surface area contributed by atoms with Crippen LogP contribution in [0.1, 0.15) is 23.2 Å². The van der Waals surface area contributed by atoms with Gasteiger partial charge in [-0.25, -0.2) is 4.98 Å². The fourth-order valence-corrected chi connectivity index (χ4v) is 3.82. The quantitative estimate of drug-likeness (QED) is 0.376. The number of oxazole rings is 1. The molecule has 0 unspecified atom stereocenters. The molecule has 1 amide bonds. The van der Waals surface area contributed by atoms with Crippen LogP contribution in [-0.4, -0.2) is 59.3 Å². The number of carbonyl (C=O) groups excluding carboxylic acids is 1. The van der Waals surface area contributed by atoms with Gasteiger partial charge in [0, 0.05) is 31.6 Å². The Balaban J connectivity index is 1.54. The number of nitrogens with zero attached hydrogens (tertiary/aromatic N) is 3. The van der Waals surface area contributed by atoms with Gasteiger partial charge in [0.15, 0.2) is 0 Å². The molecule has 3 N–H and O–H groups in total. The van der Waals surface area contributed by atoms with Crippen LogP contribution < -0.4 is 20.1 Å². The van der Waals surface area contributed by atoms with E-state index >= 15 is 0 Å². The average Bonchev–Trinajstić information content (AvgIpc) is 3.54. The number of hydrogen-bond donors (Lipinski definition) is 3. The highest BCUT2D eigenvalue weighted by Crippen LogP contribution is 2.36. The summed E-state index contributed by atoms with van der Waals surface area (Å²) in [4.78, 5) is 28.7. The number of hydrogen-bond acceptors (Lipinski definition) is 9. The summed E-state index contributed by atoms with van der Waals surface area (Å²) in [6.07, 6.45) is 6.36. The Hall–Kier alpha value is -4.12. The molecule has 5 rings (SSSR count). The number of carbonyl (C=O) groups is 1. The molecule has 3 aromatic heterocycles. The number of amides is 1. The Labute approximate surface area is 194 Å². The maximum Gasteiger partial charge on any atom is 0.251 e. The normalized spacial score (nSPS) is 14.2. The Morgan fingerprint density at radius 3 is 2.82 bits per heavy atom. The van der Waals surface area contributed by atoms with Gasteiger partial charge in [-0.3, -0.25) is 4.79 Å². The lowest BCUT2D eigenvalue weighted by molar-refractivity contribution is 0.0244. The van der Waals surface area contributed by atoms with Crippen molar-refractivity contribution in [2.75, 3.05) is 32.7 Å². The number of anilines is 2. The fourth-order valence-electron chi connectivity index (χ4n) is 3.82. The number of ether oxygens (including phenoxy) is 3. The van der Waals surface area contributed by atoms with Crippen LogP contribution >= 0.6 is 0 Å². The number of H-pyrrole nitrogens is 1. The Kier molecular flexibility index (Phi) is 6.00. The maximum atomic E-state index is 12.0. The molecule has 0 saturated carbocycles. The summed E-state index contributed by atoms with van der Waals surface area (Å²) in [6.45, 7) is 1.28. The van der Waals surface area contributed by atoms with E-state index in [2.05, 4.69) is 30.6 Å². The second kappa shape index (κ2) is 9.40. The van der Waals surface area contributed by atoms with E-state index in [9.17, 15) is 4.79 Å². The fraction of sp³-hybridized carbons (Fsp3) is 0.304. The third-order valence-electron chi connectivity index (χ3n) is 5.54. The molecule has 1 aliphatic rings. The molecule has 1 fully saturated rings. The van der Waals surface area contributed by atoms with Crippen LogP contribution in [0.25, 0.3) is 22.5 Å². The summed E-state index contributed by atoms with van der Waals surface area (Å²) in [5, 5.41) is 6.46. The average molecular weight is 464 g/mol. The number of nitrogens with one attached hydrogen (secondary N) is 3. The molecule has 176 valence electrons. The third kappa shape index (κ3) is 4.25. The van der Waals surface area contributed by atoms with Gasteiger partial charge in [-0.05, 0) is 18.2 Å². The van der Waals surface area contributed by atoms with Gasteiger partial charge in [0.2, 0.25) is 17.7 Å². The van der Waals surface area contributed by atoms with Crippen molar-refractivity contribution in [3.05, 3.63) is 42.4 Å². The molecule has 11 nitrogen and oxygen atoms in total. The Morgan fingerprint density at radius 1 is 1.24 bits per heavy atom. The largest absolute Gasteiger partial charge is 0.495 e. The first-order valence-electron chi connectivity index (χ1n) is 10.9. The zero-order valence-corrected chi connectivity index (χ0v) is 18.8. The van der Waals surface area contributed by atoms with E-state index in [1.54, 1.807) is 37.6 Å². The molecular formula is C23H24N6O5.